The maximum absolute atomic E-state index is 13.7. The van der Waals surface area contributed by atoms with Crippen LogP contribution in [0.3, 0.4) is 0 Å². The Balaban J connectivity index is 1.97. The van der Waals surface area contributed by atoms with Crippen LogP contribution in [0.25, 0.3) is 0 Å². The van der Waals surface area contributed by atoms with Crippen molar-refractivity contribution in [1.29, 1.82) is 0 Å². The number of aliphatic carboxylic acids is 1. The third-order valence-electron chi connectivity index (χ3n) is 6.53. The Hall–Kier alpha value is -3.74. The van der Waals surface area contributed by atoms with Crippen molar-refractivity contribution in [1.82, 2.24) is 0 Å². The molecule has 0 saturated heterocycles. The molecule has 0 spiro atoms. The zero-order chi connectivity index (χ0) is 25.1. The first-order valence-electron chi connectivity index (χ1n) is 10.2. The van der Waals surface area contributed by atoms with Crippen molar-refractivity contribution in [2.45, 2.75) is 37.3 Å². The van der Waals surface area contributed by atoms with Crippen LogP contribution in [0.4, 0.5) is 0 Å². The summed E-state index contributed by atoms with van der Waals surface area (Å²) in [5, 5.41) is 90.6. The highest BCUT2D eigenvalue weighted by Gasteiger charge is 2.61. The number of phenols is 5. The number of ketones is 1. The number of aliphatic hydroxyl groups excluding tert-OH is 3. The summed E-state index contributed by atoms with van der Waals surface area (Å²) < 4.78 is 5.80. The summed E-state index contributed by atoms with van der Waals surface area (Å²) in [6.45, 7) is 0. The Morgan fingerprint density at radius 2 is 1.44 bits per heavy atom. The molecule has 1 fully saturated rings. The lowest BCUT2D eigenvalue weighted by Gasteiger charge is -2.48. The fourth-order valence-electron chi connectivity index (χ4n) is 4.91. The van der Waals surface area contributed by atoms with Crippen LogP contribution in [0.2, 0.25) is 0 Å². The van der Waals surface area contributed by atoms with Gasteiger partial charge in [-0.05, 0) is 25.0 Å². The van der Waals surface area contributed by atoms with Crippen molar-refractivity contribution < 1.29 is 60.3 Å². The molecule has 1 heterocycles. The average Bonchev–Trinajstić information content (AvgIpc) is 2.74. The molecule has 0 aromatic heterocycles. The first kappa shape index (κ1) is 23.4. The molecule has 12 heteroatoms. The molecule has 1 aliphatic heterocycles. The molecule has 12 nitrogen and oxygen atoms in total. The molecular formula is C22H22O12. The third-order valence-corrected chi connectivity index (χ3v) is 6.53. The normalized spacial score (nSPS) is 30.9. The van der Waals surface area contributed by atoms with Gasteiger partial charge in [0, 0.05) is 17.7 Å². The number of hydrogen-bond acceptors (Lipinski definition) is 11. The maximum Gasteiger partial charge on any atom is 0.310 e. The molecule has 4 rings (SSSR count). The van der Waals surface area contributed by atoms with Crippen LogP contribution >= 0.6 is 0 Å². The molecule has 4 unspecified atom stereocenters. The summed E-state index contributed by atoms with van der Waals surface area (Å²) in [5.74, 6) is -8.35. The van der Waals surface area contributed by atoms with Gasteiger partial charge in [-0.25, -0.2) is 0 Å². The Morgan fingerprint density at radius 1 is 0.882 bits per heavy atom. The summed E-state index contributed by atoms with van der Waals surface area (Å²) in [4.78, 5) is 26.3. The molecule has 0 amide bonds. The number of benzene rings is 2. The number of hydrogen-bond donors (Lipinski definition) is 9. The van der Waals surface area contributed by atoms with Crippen LogP contribution in [0, 0.1) is 11.3 Å². The monoisotopic (exact) mass is 478 g/mol. The highest BCUT2D eigenvalue weighted by Crippen LogP contribution is 2.55. The predicted octanol–water partition coefficient (Wildman–Crippen LogP) is 0.0947. The van der Waals surface area contributed by atoms with Gasteiger partial charge in [-0.15, -0.1) is 0 Å². The van der Waals surface area contributed by atoms with Gasteiger partial charge in [0.15, 0.2) is 23.0 Å². The SMILES string of the molecule is O=C1c2c(O)cc(O)cc2OC(c2cc(O)c(O)c(O)c2)C1C1(C(=O)O)CC(O)C(O)C(O)C1. The number of rotatable bonds is 3. The van der Waals surface area contributed by atoms with E-state index in [1.54, 1.807) is 0 Å². The van der Waals surface area contributed by atoms with Gasteiger partial charge in [0.05, 0.1) is 23.5 Å². The van der Waals surface area contributed by atoms with Gasteiger partial charge >= 0.3 is 5.97 Å². The summed E-state index contributed by atoms with van der Waals surface area (Å²) >= 11 is 0. The zero-order valence-corrected chi connectivity index (χ0v) is 17.4. The Morgan fingerprint density at radius 3 is 1.97 bits per heavy atom. The first-order chi connectivity index (χ1) is 15.9. The quantitative estimate of drug-likeness (QED) is 0.268. The van der Waals surface area contributed by atoms with E-state index in [2.05, 4.69) is 0 Å². The van der Waals surface area contributed by atoms with Crippen LogP contribution in [-0.4, -0.2) is 76.0 Å². The second kappa shape index (κ2) is 7.94. The topological polar surface area (TPSA) is 225 Å². The first-order valence-corrected chi connectivity index (χ1v) is 10.2. The second-order valence-electron chi connectivity index (χ2n) is 8.62. The fraction of sp³-hybridized carbons (Fsp3) is 0.364. The van der Waals surface area contributed by atoms with E-state index in [4.69, 9.17) is 4.74 Å². The van der Waals surface area contributed by atoms with Crippen LogP contribution in [0.1, 0.15) is 34.9 Å². The number of Topliss-reactive ketones (excluding diaryl/α,β-unsaturated/α-hetero) is 1. The van der Waals surface area contributed by atoms with E-state index in [0.717, 1.165) is 24.3 Å². The lowest BCUT2D eigenvalue weighted by atomic mass is 9.58. The van der Waals surface area contributed by atoms with Crippen molar-refractivity contribution in [2.24, 2.45) is 11.3 Å². The molecule has 182 valence electrons. The summed E-state index contributed by atoms with van der Waals surface area (Å²) in [6, 6.07) is 3.69. The van der Waals surface area contributed by atoms with Gasteiger partial charge < -0.3 is 50.7 Å². The van der Waals surface area contributed by atoms with Crippen molar-refractivity contribution in [2.75, 3.05) is 0 Å². The Labute approximate surface area is 191 Å². The van der Waals surface area contributed by atoms with Gasteiger partial charge in [0.2, 0.25) is 0 Å². The number of carbonyl (C=O) groups is 2. The summed E-state index contributed by atoms with van der Waals surface area (Å²) in [5.41, 5.74) is -2.84. The Bertz CT molecular complexity index is 1140. The van der Waals surface area contributed by atoms with Gasteiger partial charge in [-0.2, -0.15) is 0 Å². The minimum Gasteiger partial charge on any atom is -0.508 e. The second-order valence-corrected chi connectivity index (χ2v) is 8.62. The predicted molar refractivity (Wildman–Crippen MR) is 110 cm³/mol. The van der Waals surface area contributed by atoms with Gasteiger partial charge in [0.1, 0.15) is 35.0 Å². The van der Waals surface area contributed by atoms with Crippen LogP contribution in [0.15, 0.2) is 24.3 Å². The minimum atomic E-state index is -2.23. The molecule has 0 bridgehead atoms. The maximum atomic E-state index is 13.7. The third kappa shape index (κ3) is 3.43. The largest absolute Gasteiger partial charge is 0.508 e. The van der Waals surface area contributed by atoms with E-state index in [-0.39, 0.29) is 11.3 Å². The van der Waals surface area contributed by atoms with Crippen molar-refractivity contribution in [3.8, 4) is 34.5 Å². The lowest BCUT2D eigenvalue weighted by Crippen LogP contribution is -2.58. The molecule has 0 radical (unpaired) electrons. The number of phenolic OH excluding ortho intramolecular Hbond substituents is 5. The van der Waals surface area contributed by atoms with E-state index in [1.165, 1.54) is 0 Å². The number of fused-ring (bicyclic) bond motifs is 1. The fourth-order valence-corrected chi connectivity index (χ4v) is 4.91. The number of aromatic hydroxyl groups is 5. The molecule has 9 N–H and O–H groups in total. The number of ether oxygens (including phenoxy) is 1. The molecule has 2 aromatic rings. The van der Waals surface area contributed by atoms with E-state index < -0.39 is 94.7 Å². The van der Waals surface area contributed by atoms with E-state index in [1.807, 2.05) is 0 Å². The standard InChI is InChI=1S/C22H22O12/c23-8-3-9(24)15-14(4-8)34-20(7-1-10(25)17(29)11(26)2-7)16(19(15)31)22(21(32)33)5-12(27)18(30)13(28)6-22/h1-4,12-13,16,18,20,23-30H,5-6H2,(H,32,33). The minimum absolute atomic E-state index is 0.157. The van der Waals surface area contributed by atoms with E-state index in [0.29, 0.717) is 0 Å². The zero-order valence-electron chi connectivity index (χ0n) is 17.4. The molecule has 1 aliphatic carbocycles. The molecular weight excluding hydrogens is 456 g/mol. The molecule has 4 atom stereocenters. The van der Waals surface area contributed by atoms with Crippen LogP contribution < -0.4 is 4.74 Å². The van der Waals surface area contributed by atoms with Crippen LogP contribution in [-0.2, 0) is 4.79 Å². The smallest absolute Gasteiger partial charge is 0.310 e. The average molecular weight is 478 g/mol. The summed E-state index contributed by atoms with van der Waals surface area (Å²) in [7, 11) is 0. The van der Waals surface area contributed by atoms with Crippen molar-refractivity contribution in [3.63, 3.8) is 0 Å². The highest BCUT2D eigenvalue weighted by atomic mass is 16.5. The number of carboxylic acids is 1. The van der Waals surface area contributed by atoms with E-state index >= 15 is 0 Å². The van der Waals surface area contributed by atoms with Crippen molar-refractivity contribution >= 4 is 11.8 Å². The Kier molecular flexibility index (Phi) is 5.47. The molecule has 2 aromatic carbocycles. The number of carboxylic acid groups (broad SMARTS) is 1. The van der Waals surface area contributed by atoms with Crippen LogP contribution in [0.5, 0.6) is 34.5 Å². The van der Waals surface area contributed by atoms with Gasteiger partial charge in [-0.1, -0.05) is 0 Å². The number of carbonyl (C=O) groups excluding carboxylic acids is 1. The highest BCUT2D eigenvalue weighted by molar-refractivity contribution is 6.06. The molecule has 34 heavy (non-hydrogen) atoms. The number of aliphatic hydroxyl groups is 3. The van der Waals surface area contributed by atoms with E-state index in [9.17, 15) is 55.5 Å². The molecule has 2 aliphatic rings. The molecule has 1 saturated carbocycles. The van der Waals surface area contributed by atoms with Crippen molar-refractivity contribution in [3.05, 3.63) is 35.4 Å². The van der Waals surface area contributed by atoms with Gasteiger partial charge in [0.25, 0.3) is 0 Å². The summed E-state index contributed by atoms with van der Waals surface area (Å²) in [6.07, 6.45) is -8.09. The van der Waals surface area contributed by atoms with Gasteiger partial charge in [-0.3, -0.25) is 9.59 Å². The lowest BCUT2D eigenvalue weighted by molar-refractivity contribution is -0.179.